The Morgan fingerprint density at radius 1 is 0.857 bits per heavy atom. The standard InChI is InChI=1S/C22H35N3O3/c26-20(23-7-1-2-8-23)11-17-14-25(13-16-5-6-16)18-15-28-19(22(17)18)12-21(27)24-9-3-4-10-24/h16-19,22H,1-15H2/t17-,18-,19+,22-/m1/s1. The molecule has 1 aliphatic carbocycles. The quantitative estimate of drug-likeness (QED) is 0.694. The highest BCUT2D eigenvalue weighted by atomic mass is 16.5. The van der Waals surface area contributed by atoms with Crippen LogP contribution >= 0.6 is 0 Å². The molecule has 4 heterocycles. The summed E-state index contributed by atoms with van der Waals surface area (Å²) < 4.78 is 6.21. The van der Waals surface area contributed by atoms with Crippen LogP contribution in [0.15, 0.2) is 0 Å². The monoisotopic (exact) mass is 389 g/mol. The van der Waals surface area contributed by atoms with Gasteiger partial charge in [0.1, 0.15) is 0 Å². The van der Waals surface area contributed by atoms with Gasteiger partial charge in [0.25, 0.3) is 0 Å². The number of nitrogens with zero attached hydrogens (tertiary/aromatic N) is 3. The number of hydrogen-bond donors (Lipinski definition) is 0. The smallest absolute Gasteiger partial charge is 0.225 e. The number of amides is 2. The first kappa shape index (κ1) is 18.9. The number of likely N-dealkylation sites (tertiary alicyclic amines) is 3. The predicted octanol–water partition coefficient (Wildman–Crippen LogP) is 1.74. The second-order valence-corrected chi connectivity index (χ2v) is 9.76. The molecule has 156 valence electrons. The SMILES string of the molecule is O=C(C[C@@H]1CN(CC2CC2)[C@@H]2CO[C@@H](CC(=O)N3CCCC3)[C@H]12)N1CCCC1. The minimum absolute atomic E-state index is 0.00122. The summed E-state index contributed by atoms with van der Waals surface area (Å²) in [7, 11) is 0. The van der Waals surface area contributed by atoms with E-state index in [0.29, 0.717) is 36.6 Å². The van der Waals surface area contributed by atoms with Crippen LogP contribution in [0.5, 0.6) is 0 Å². The molecule has 0 unspecified atom stereocenters. The van der Waals surface area contributed by atoms with Crippen molar-refractivity contribution in [3.8, 4) is 0 Å². The van der Waals surface area contributed by atoms with E-state index in [4.69, 9.17) is 4.74 Å². The van der Waals surface area contributed by atoms with Crippen molar-refractivity contribution >= 4 is 11.8 Å². The molecule has 5 fully saturated rings. The van der Waals surface area contributed by atoms with Crippen LogP contribution in [-0.4, -0.2) is 84.5 Å². The van der Waals surface area contributed by atoms with Gasteiger partial charge in [-0.25, -0.2) is 0 Å². The first-order chi connectivity index (χ1) is 13.7. The van der Waals surface area contributed by atoms with Gasteiger partial charge < -0.3 is 14.5 Å². The van der Waals surface area contributed by atoms with Gasteiger partial charge in [-0.05, 0) is 50.4 Å². The van der Waals surface area contributed by atoms with E-state index < -0.39 is 0 Å². The molecular formula is C22H35N3O3. The molecule has 4 aliphatic heterocycles. The average molecular weight is 390 g/mol. The van der Waals surface area contributed by atoms with E-state index in [0.717, 1.165) is 77.5 Å². The van der Waals surface area contributed by atoms with Crippen molar-refractivity contribution in [3.05, 3.63) is 0 Å². The summed E-state index contributed by atoms with van der Waals surface area (Å²) in [6, 6.07) is 0.411. The highest BCUT2D eigenvalue weighted by Crippen LogP contribution is 2.44. The number of carbonyl (C=O) groups is 2. The van der Waals surface area contributed by atoms with Crippen molar-refractivity contribution in [2.45, 2.75) is 63.5 Å². The molecule has 0 aromatic rings. The minimum Gasteiger partial charge on any atom is -0.376 e. The van der Waals surface area contributed by atoms with Crippen molar-refractivity contribution in [3.63, 3.8) is 0 Å². The number of ether oxygens (including phenoxy) is 1. The van der Waals surface area contributed by atoms with E-state index >= 15 is 0 Å². The van der Waals surface area contributed by atoms with Gasteiger partial charge in [-0.1, -0.05) is 0 Å². The Balaban J connectivity index is 1.26. The molecule has 4 atom stereocenters. The number of rotatable bonds is 6. The molecule has 5 aliphatic rings. The van der Waals surface area contributed by atoms with E-state index in [1.54, 1.807) is 0 Å². The Kier molecular flexibility index (Phi) is 5.35. The second kappa shape index (κ2) is 7.94. The second-order valence-electron chi connectivity index (χ2n) is 9.76. The molecule has 5 rings (SSSR count). The highest BCUT2D eigenvalue weighted by Gasteiger charge is 2.52. The fraction of sp³-hybridized carbons (Fsp3) is 0.909. The van der Waals surface area contributed by atoms with E-state index in [1.807, 2.05) is 4.90 Å². The van der Waals surface area contributed by atoms with Gasteiger partial charge in [-0.15, -0.1) is 0 Å². The van der Waals surface area contributed by atoms with Crippen molar-refractivity contribution < 1.29 is 14.3 Å². The summed E-state index contributed by atoms with van der Waals surface area (Å²) >= 11 is 0. The molecule has 0 aromatic carbocycles. The Morgan fingerprint density at radius 2 is 1.46 bits per heavy atom. The lowest BCUT2D eigenvalue weighted by Gasteiger charge is -2.26. The van der Waals surface area contributed by atoms with Gasteiger partial charge in [0.15, 0.2) is 0 Å². The summed E-state index contributed by atoms with van der Waals surface area (Å²) in [6.07, 6.45) is 8.40. The minimum atomic E-state index is -0.00122. The Hall–Kier alpha value is -1.14. The molecule has 2 amide bonds. The van der Waals surface area contributed by atoms with Gasteiger partial charge in [0.05, 0.1) is 19.1 Å². The van der Waals surface area contributed by atoms with Crippen LogP contribution in [0.25, 0.3) is 0 Å². The molecule has 6 nitrogen and oxygen atoms in total. The summed E-state index contributed by atoms with van der Waals surface area (Å²) in [5.41, 5.74) is 0. The van der Waals surface area contributed by atoms with Gasteiger partial charge in [0, 0.05) is 57.6 Å². The molecule has 0 aromatic heterocycles. The molecule has 6 heteroatoms. The van der Waals surface area contributed by atoms with Crippen molar-refractivity contribution in [1.29, 1.82) is 0 Å². The lowest BCUT2D eigenvalue weighted by atomic mass is 9.84. The van der Waals surface area contributed by atoms with E-state index in [2.05, 4.69) is 9.80 Å². The third kappa shape index (κ3) is 3.82. The van der Waals surface area contributed by atoms with Crippen LogP contribution in [-0.2, 0) is 14.3 Å². The van der Waals surface area contributed by atoms with Gasteiger partial charge in [0.2, 0.25) is 11.8 Å². The van der Waals surface area contributed by atoms with Crippen molar-refractivity contribution in [2.24, 2.45) is 17.8 Å². The molecule has 28 heavy (non-hydrogen) atoms. The average Bonchev–Trinajstić information content (AvgIpc) is 3.18. The summed E-state index contributed by atoms with van der Waals surface area (Å²) in [4.78, 5) is 32.3. The number of hydrogen-bond acceptors (Lipinski definition) is 4. The Labute approximate surface area is 168 Å². The first-order valence-electron chi connectivity index (χ1n) is 11.6. The Bertz CT molecular complexity index is 596. The predicted molar refractivity (Wildman–Crippen MR) is 106 cm³/mol. The largest absolute Gasteiger partial charge is 0.376 e. The van der Waals surface area contributed by atoms with Gasteiger partial charge in [-0.2, -0.15) is 0 Å². The maximum absolute atomic E-state index is 12.9. The normalized spacial score (nSPS) is 35.7. The van der Waals surface area contributed by atoms with E-state index in [-0.39, 0.29) is 12.0 Å². The van der Waals surface area contributed by atoms with Crippen LogP contribution in [0.2, 0.25) is 0 Å². The zero-order valence-electron chi connectivity index (χ0n) is 17.1. The van der Waals surface area contributed by atoms with Crippen LogP contribution in [0.4, 0.5) is 0 Å². The fourth-order valence-electron chi connectivity index (χ4n) is 6.04. The van der Waals surface area contributed by atoms with Crippen LogP contribution in [0.3, 0.4) is 0 Å². The molecule has 0 bridgehead atoms. The van der Waals surface area contributed by atoms with Crippen LogP contribution in [0, 0.1) is 17.8 Å². The third-order valence-electron chi connectivity index (χ3n) is 7.76. The maximum atomic E-state index is 12.9. The summed E-state index contributed by atoms with van der Waals surface area (Å²) in [6.45, 7) is 6.59. The van der Waals surface area contributed by atoms with Crippen molar-refractivity contribution in [2.75, 3.05) is 45.9 Å². The zero-order chi connectivity index (χ0) is 19.1. The summed E-state index contributed by atoms with van der Waals surface area (Å²) in [5, 5.41) is 0. The summed E-state index contributed by atoms with van der Waals surface area (Å²) in [5.74, 6) is 2.12. The zero-order valence-corrected chi connectivity index (χ0v) is 17.1. The van der Waals surface area contributed by atoms with E-state index in [9.17, 15) is 9.59 Å². The molecule has 0 radical (unpaired) electrons. The third-order valence-corrected chi connectivity index (χ3v) is 7.76. The van der Waals surface area contributed by atoms with Crippen molar-refractivity contribution in [1.82, 2.24) is 14.7 Å². The topological polar surface area (TPSA) is 53.1 Å². The lowest BCUT2D eigenvalue weighted by Crippen LogP contribution is -2.37. The lowest BCUT2D eigenvalue weighted by molar-refractivity contribution is -0.133. The fourth-order valence-corrected chi connectivity index (χ4v) is 6.04. The van der Waals surface area contributed by atoms with Crippen LogP contribution in [0.1, 0.15) is 51.4 Å². The van der Waals surface area contributed by atoms with E-state index in [1.165, 1.54) is 12.8 Å². The van der Waals surface area contributed by atoms with Gasteiger partial charge >= 0.3 is 0 Å². The molecular weight excluding hydrogens is 354 g/mol. The highest BCUT2D eigenvalue weighted by molar-refractivity contribution is 5.78. The first-order valence-corrected chi connectivity index (χ1v) is 11.6. The Morgan fingerprint density at radius 3 is 2.07 bits per heavy atom. The van der Waals surface area contributed by atoms with Crippen LogP contribution < -0.4 is 0 Å². The molecule has 0 N–H and O–H groups in total. The molecule has 1 saturated carbocycles. The molecule has 4 saturated heterocycles. The number of carbonyl (C=O) groups excluding carboxylic acids is 2. The molecule has 0 spiro atoms. The maximum Gasteiger partial charge on any atom is 0.225 e. The van der Waals surface area contributed by atoms with Gasteiger partial charge in [-0.3, -0.25) is 14.5 Å². The number of fused-ring (bicyclic) bond motifs is 1.